The lowest BCUT2D eigenvalue weighted by molar-refractivity contribution is -0.124. The van der Waals surface area contributed by atoms with Crippen LogP contribution >= 0.6 is 0 Å². The SMILES string of the molecule is CCCCCCCCCCC=CNC(=O)CCC(N)=O. The smallest absolute Gasteiger partial charge is 0.224 e. The second-order valence-corrected chi connectivity index (χ2v) is 5.20. The van der Waals surface area contributed by atoms with E-state index in [1.165, 1.54) is 51.4 Å². The Hall–Kier alpha value is -1.32. The third-order valence-corrected chi connectivity index (χ3v) is 3.18. The van der Waals surface area contributed by atoms with Gasteiger partial charge in [0, 0.05) is 12.8 Å². The van der Waals surface area contributed by atoms with Gasteiger partial charge in [0.1, 0.15) is 0 Å². The van der Waals surface area contributed by atoms with Crippen LogP contribution in [0.15, 0.2) is 12.3 Å². The largest absolute Gasteiger partial charge is 0.370 e. The summed E-state index contributed by atoms with van der Waals surface area (Å²) in [5.74, 6) is -0.598. The third-order valence-electron chi connectivity index (χ3n) is 3.18. The van der Waals surface area contributed by atoms with Crippen molar-refractivity contribution < 1.29 is 9.59 Å². The summed E-state index contributed by atoms with van der Waals surface area (Å²) < 4.78 is 0. The van der Waals surface area contributed by atoms with Gasteiger partial charge in [-0.15, -0.1) is 0 Å². The Kier molecular flexibility index (Phi) is 13.2. The molecule has 2 amide bonds. The molecule has 0 heterocycles. The fraction of sp³-hybridized carbons (Fsp3) is 0.750. The first-order valence-corrected chi connectivity index (χ1v) is 7.89. The molecule has 0 bridgehead atoms. The molecule has 0 radical (unpaired) electrons. The van der Waals surface area contributed by atoms with Gasteiger partial charge in [0.25, 0.3) is 0 Å². The Morgan fingerprint density at radius 2 is 1.55 bits per heavy atom. The van der Waals surface area contributed by atoms with Crippen molar-refractivity contribution >= 4 is 11.8 Å². The van der Waals surface area contributed by atoms with Gasteiger partial charge in [0.2, 0.25) is 11.8 Å². The minimum atomic E-state index is -0.442. The Labute approximate surface area is 123 Å². The number of nitrogens with one attached hydrogen (secondary N) is 1. The van der Waals surface area contributed by atoms with Crippen LogP contribution in [0.1, 0.15) is 77.6 Å². The number of hydrogen-bond acceptors (Lipinski definition) is 2. The number of nitrogens with two attached hydrogens (primary N) is 1. The van der Waals surface area contributed by atoms with Crippen molar-refractivity contribution in [2.45, 2.75) is 77.6 Å². The lowest BCUT2D eigenvalue weighted by Gasteiger charge is -2.00. The molecule has 0 saturated carbocycles. The highest BCUT2D eigenvalue weighted by Gasteiger charge is 2.00. The molecule has 20 heavy (non-hydrogen) atoms. The predicted molar refractivity (Wildman–Crippen MR) is 82.9 cm³/mol. The zero-order valence-electron chi connectivity index (χ0n) is 12.8. The van der Waals surface area contributed by atoms with Crippen LogP contribution < -0.4 is 11.1 Å². The van der Waals surface area contributed by atoms with Gasteiger partial charge in [0.05, 0.1) is 0 Å². The molecule has 0 aliphatic rings. The maximum Gasteiger partial charge on any atom is 0.224 e. The maximum atomic E-state index is 11.2. The summed E-state index contributed by atoms with van der Waals surface area (Å²) in [5.41, 5.74) is 4.96. The summed E-state index contributed by atoms with van der Waals surface area (Å²) >= 11 is 0. The minimum absolute atomic E-state index is 0.109. The number of primary amides is 1. The quantitative estimate of drug-likeness (QED) is 0.508. The average molecular weight is 282 g/mol. The number of rotatable bonds is 13. The van der Waals surface area contributed by atoms with Crippen molar-refractivity contribution in [3.63, 3.8) is 0 Å². The van der Waals surface area contributed by atoms with E-state index in [-0.39, 0.29) is 18.7 Å². The first-order valence-electron chi connectivity index (χ1n) is 7.89. The molecule has 0 aliphatic heterocycles. The molecule has 0 aliphatic carbocycles. The molecular weight excluding hydrogens is 252 g/mol. The lowest BCUT2D eigenvalue weighted by atomic mass is 10.1. The van der Waals surface area contributed by atoms with E-state index in [0.29, 0.717) is 0 Å². The van der Waals surface area contributed by atoms with Crippen LogP contribution in [0.5, 0.6) is 0 Å². The van der Waals surface area contributed by atoms with E-state index in [1.54, 1.807) is 6.20 Å². The molecule has 4 heteroatoms. The lowest BCUT2D eigenvalue weighted by Crippen LogP contribution is -2.20. The number of carbonyl (C=O) groups is 2. The fourth-order valence-corrected chi connectivity index (χ4v) is 1.94. The number of amides is 2. The highest BCUT2D eigenvalue weighted by Crippen LogP contribution is 2.09. The van der Waals surface area contributed by atoms with Crippen LogP contribution in [-0.2, 0) is 9.59 Å². The summed E-state index contributed by atoms with van der Waals surface area (Å²) in [4.78, 5) is 21.7. The van der Waals surface area contributed by atoms with E-state index in [4.69, 9.17) is 5.73 Å². The van der Waals surface area contributed by atoms with Crippen LogP contribution in [0.25, 0.3) is 0 Å². The van der Waals surface area contributed by atoms with E-state index >= 15 is 0 Å². The Morgan fingerprint density at radius 1 is 0.950 bits per heavy atom. The molecule has 0 atom stereocenters. The first-order chi connectivity index (χ1) is 9.66. The van der Waals surface area contributed by atoms with Crippen molar-refractivity contribution in [2.75, 3.05) is 0 Å². The van der Waals surface area contributed by atoms with Crippen LogP contribution in [0.4, 0.5) is 0 Å². The summed E-state index contributed by atoms with van der Waals surface area (Å²) in [6.07, 6.45) is 15.4. The number of carbonyl (C=O) groups excluding carboxylic acids is 2. The molecule has 3 N–H and O–H groups in total. The van der Waals surface area contributed by atoms with Crippen LogP contribution in [0.3, 0.4) is 0 Å². The normalized spacial score (nSPS) is 10.8. The van der Waals surface area contributed by atoms with Crippen molar-refractivity contribution in [2.24, 2.45) is 5.73 Å². The first kappa shape index (κ1) is 18.7. The van der Waals surface area contributed by atoms with Crippen LogP contribution in [-0.4, -0.2) is 11.8 Å². The van der Waals surface area contributed by atoms with E-state index in [1.807, 2.05) is 6.08 Å². The van der Waals surface area contributed by atoms with Gasteiger partial charge in [0.15, 0.2) is 0 Å². The Balaban J connectivity index is 3.27. The highest BCUT2D eigenvalue weighted by molar-refractivity contribution is 5.83. The topological polar surface area (TPSA) is 72.2 Å². The number of hydrogen-bond donors (Lipinski definition) is 2. The monoisotopic (exact) mass is 282 g/mol. The molecule has 0 unspecified atom stereocenters. The molecule has 116 valence electrons. The molecule has 0 saturated heterocycles. The number of unbranched alkanes of at least 4 members (excludes halogenated alkanes) is 8. The second-order valence-electron chi connectivity index (χ2n) is 5.20. The molecule has 0 aromatic rings. The van der Waals surface area contributed by atoms with Crippen molar-refractivity contribution in [3.8, 4) is 0 Å². The summed E-state index contributed by atoms with van der Waals surface area (Å²) in [7, 11) is 0. The molecular formula is C16H30N2O2. The van der Waals surface area contributed by atoms with Crippen LogP contribution in [0.2, 0.25) is 0 Å². The van der Waals surface area contributed by atoms with Gasteiger partial charge in [-0.3, -0.25) is 9.59 Å². The Morgan fingerprint density at radius 3 is 2.15 bits per heavy atom. The summed E-state index contributed by atoms with van der Waals surface area (Å²) in [6.45, 7) is 2.24. The molecule has 0 aromatic heterocycles. The van der Waals surface area contributed by atoms with E-state index in [0.717, 1.165) is 6.42 Å². The van der Waals surface area contributed by atoms with Crippen molar-refractivity contribution in [3.05, 3.63) is 12.3 Å². The fourth-order valence-electron chi connectivity index (χ4n) is 1.94. The molecule has 0 rings (SSSR count). The van der Waals surface area contributed by atoms with Crippen molar-refractivity contribution in [1.29, 1.82) is 0 Å². The molecule has 0 fully saturated rings. The van der Waals surface area contributed by atoms with Crippen molar-refractivity contribution in [1.82, 2.24) is 5.32 Å². The van der Waals surface area contributed by atoms with E-state index in [9.17, 15) is 9.59 Å². The molecule has 4 nitrogen and oxygen atoms in total. The van der Waals surface area contributed by atoms with Gasteiger partial charge in [-0.2, -0.15) is 0 Å². The van der Waals surface area contributed by atoms with E-state index < -0.39 is 5.91 Å². The average Bonchev–Trinajstić information content (AvgIpc) is 2.42. The van der Waals surface area contributed by atoms with Gasteiger partial charge in [-0.25, -0.2) is 0 Å². The standard InChI is InChI=1S/C16H30N2O2/c1-2-3-4-5-6-7-8-9-10-11-14-18-16(20)13-12-15(17)19/h11,14H,2-10,12-13H2,1H3,(H2,17,19)(H,18,20). The van der Waals surface area contributed by atoms with Gasteiger partial charge >= 0.3 is 0 Å². The summed E-state index contributed by atoms with van der Waals surface area (Å²) in [5, 5.41) is 2.64. The van der Waals surface area contributed by atoms with Gasteiger partial charge in [-0.05, 0) is 19.0 Å². The van der Waals surface area contributed by atoms with E-state index in [2.05, 4.69) is 12.2 Å². The third kappa shape index (κ3) is 14.7. The molecule has 0 aromatic carbocycles. The molecule has 0 spiro atoms. The summed E-state index contributed by atoms with van der Waals surface area (Å²) in [6, 6.07) is 0. The van der Waals surface area contributed by atoms with Crippen LogP contribution in [0, 0.1) is 0 Å². The Bertz CT molecular complexity index is 288. The van der Waals surface area contributed by atoms with Gasteiger partial charge < -0.3 is 11.1 Å². The van der Waals surface area contributed by atoms with Gasteiger partial charge in [-0.1, -0.05) is 57.9 Å². The number of allylic oxidation sites excluding steroid dienone is 1. The zero-order chi connectivity index (χ0) is 15.1. The second kappa shape index (κ2) is 14.1. The predicted octanol–water partition coefficient (Wildman–Crippen LogP) is 3.41. The maximum absolute atomic E-state index is 11.2. The highest BCUT2D eigenvalue weighted by atomic mass is 16.2. The zero-order valence-corrected chi connectivity index (χ0v) is 12.8. The minimum Gasteiger partial charge on any atom is -0.370 e.